The fourth-order valence-corrected chi connectivity index (χ4v) is 5.26. The molecule has 4 aromatic rings. The lowest BCUT2D eigenvalue weighted by molar-refractivity contribution is -0.156. The van der Waals surface area contributed by atoms with Crippen molar-refractivity contribution in [1.82, 2.24) is 18.8 Å². The maximum absolute atomic E-state index is 13.6. The topological polar surface area (TPSA) is 104 Å². The number of aromatic nitrogens is 3. The lowest BCUT2D eigenvalue weighted by Gasteiger charge is -2.25. The van der Waals surface area contributed by atoms with Crippen molar-refractivity contribution in [3.8, 4) is 11.4 Å². The first-order chi connectivity index (χ1) is 18.1. The summed E-state index contributed by atoms with van der Waals surface area (Å²) in [5.41, 5.74) is 1.70. The Bertz CT molecular complexity index is 1450. The van der Waals surface area contributed by atoms with E-state index in [4.69, 9.17) is 9.47 Å². The van der Waals surface area contributed by atoms with Gasteiger partial charge in [0.2, 0.25) is 10.0 Å². The van der Waals surface area contributed by atoms with E-state index in [1.165, 1.54) is 29.7 Å². The molecule has 4 rings (SSSR count). The van der Waals surface area contributed by atoms with E-state index in [1.54, 1.807) is 50.6 Å². The van der Waals surface area contributed by atoms with E-state index in [1.807, 2.05) is 41.1 Å². The van der Waals surface area contributed by atoms with Crippen molar-refractivity contribution in [2.24, 2.45) is 0 Å². The maximum atomic E-state index is 13.6. The van der Waals surface area contributed by atoms with E-state index < -0.39 is 15.6 Å². The minimum Gasteiger partial charge on any atom is -0.489 e. The summed E-state index contributed by atoms with van der Waals surface area (Å²) < 4.78 is 41.7. The Hall–Kier alpha value is -4.02. The van der Waals surface area contributed by atoms with E-state index in [2.05, 4.69) is 9.97 Å². The molecule has 9 nitrogen and oxygen atoms in total. The number of pyridine rings is 1. The quantitative estimate of drug-likeness (QED) is 0.263. The van der Waals surface area contributed by atoms with E-state index in [9.17, 15) is 13.2 Å². The normalized spacial score (nSPS) is 11.9. The van der Waals surface area contributed by atoms with Crippen LogP contribution in [0.5, 0.6) is 5.75 Å². The highest BCUT2D eigenvalue weighted by atomic mass is 32.2. The van der Waals surface area contributed by atoms with E-state index >= 15 is 0 Å². The molecule has 0 saturated heterocycles. The molecule has 0 spiro atoms. The van der Waals surface area contributed by atoms with Crippen molar-refractivity contribution in [1.29, 1.82) is 0 Å². The Labute approximate surface area is 222 Å². The zero-order valence-electron chi connectivity index (χ0n) is 21.5. The third-order valence-corrected chi connectivity index (χ3v) is 7.41. The van der Waals surface area contributed by atoms with Crippen LogP contribution in [0, 0.1) is 0 Å². The third-order valence-electron chi connectivity index (χ3n) is 5.63. The number of carbonyl (C=O) groups is 1. The van der Waals surface area contributed by atoms with Crippen LogP contribution in [0.1, 0.15) is 31.9 Å². The summed E-state index contributed by atoms with van der Waals surface area (Å²) >= 11 is 0. The van der Waals surface area contributed by atoms with Gasteiger partial charge in [0, 0.05) is 50.5 Å². The maximum Gasteiger partial charge on any atom is 0.303 e. The first kappa shape index (κ1) is 27.0. The summed E-state index contributed by atoms with van der Waals surface area (Å²) in [5.74, 6) is 0.160. The molecule has 0 aliphatic carbocycles. The molecule has 2 aromatic heterocycles. The van der Waals surface area contributed by atoms with Crippen molar-refractivity contribution in [2.45, 2.75) is 44.4 Å². The highest BCUT2D eigenvalue weighted by Crippen LogP contribution is 2.24. The van der Waals surface area contributed by atoms with Crippen molar-refractivity contribution >= 4 is 16.0 Å². The Balaban J connectivity index is 1.57. The number of ether oxygens (including phenoxy) is 2. The van der Waals surface area contributed by atoms with Gasteiger partial charge < -0.3 is 14.0 Å². The van der Waals surface area contributed by atoms with Crippen LogP contribution in [-0.2, 0) is 32.6 Å². The minimum absolute atomic E-state index is 0.116. The standard InChI is InChI=1S/C28H30N4O5S/c1-22(33)37-28(2,3)20-36-26-7-4-6-24(16-26)19-32(38(34,35)27-8-5-13-29-17-27)18-23-9-11-25(12-10-23)31-15-14-30-21-31/h4-17,21H,18-20H2,1-3H3. The zero-order chi connectivity index (χ0) is 27.2. The molecule has 2 heterocycles. The van der Waals surface area contributed by atoms with Gasteiger partial charge in [-0.25, -0.2) is 13.4 Å². The van der Waals surface area contributed by atoms with Gasteiger partial charge in [-0.3, -0.25) is 9.78 Å². The van der Waals surface area contributed by atoms with Gasteiger partial charge in [0.25, 0.3) is 0 Å². The molecule has 0 N–H and O–H groups in total. The average molecular weight is 535 g/mol. The van der Waals surface area contributed by atoms with Gasteiger partial charge in [0.05, 0.1) is 6.33 Å². The van der Waals surface area contributed by atoms with Gasteiger partial charge in [-0.2, -0.15) is 4.31 Å². The molecule has 0 fully saturated rings. The zero-order valence-corrected chi connectivity index (χ0v) is 22.3. The molecular formula is C28H30N4O5S. The first-order valence-corrected chi connectivity index (χ1v) is 13.5. The number of imidazole rings is 1. The van der Waals surface area contributed by atoms with Crippen LogP contribution in [0.25, 0.3) is 5.69 Å². The van der Waals surface area contributed by atoms with Gasteiger partial charge in [-0.05, 0) is 61.4 Å². The number of carbonyl (C=O) groups excluding carboxylic acids is 1. The summed E-state index contributed by atoms with van der Waals surface area (Å²) in [4.78, 5) is 19.5. The molecule has 10 heteroatoms. The molecule has 0 amide bonds. The molecule has 0 atom stereocenters. The second-order valence-electron chi connectivity index (χ2n) is 9.39. The molecule has 0 bridgehead atoms. The number of esters is 1. The van der Waals surface area contributed by atoms with Crippen LogP contribution in [-0.4, -0.2) is 45.4 Å². The Morgan fingerprint density at radius 1 is 0.974 bits per heavy atom. The lowest BCUT2D eigenvalue weighted by atomic mass is 10.1. The van der Waals surface area contributed by atoms with Crippen molar-refractivity contribution in [3.05, 3.63) is 103 Å². The summed E-state index contributed by atoms with van der Waals surface area (Å²) in [6.07, 6.45) is 8.13. The van der Waals surface area contributed by atoms with E-state index in [0.717, 1.165) is 16.8 Å². The van der Waals surface area contributed by atoms with Crippen LogP contribution >= 0.6 is 0 Å². The minimum atomic E-state index is -3.86. The lowest BCUT2D eigenvalue weighted by Crippen LogP contribution is -2.34. The molecule has 0 aliphatic rings. The van der Waals surface area contributed by atoms with Gasteiger partial charge in [-0.15, -0.1) is 0 Å². The van der Waals surface area contributed by atoms with Gasteiger partial charge >= 0.3 is 5.97 Å². The second kappa shape index (κ2) is 11.6. The Morgan fingerprint density at radius 2 is 1.74 bits per heavy atom. The largest absolute Gasteiger partial charge is 0.489 e. The van der Waals surface area contributed by atoms with E-state index in [-0.39, 0.29) is 30.6 Å². The van der Waals surface area contributed by atoms with Gasteiger partial charge in [0.1, 0.15) is 22.9 Å². The Morgan fingerprint density at radius 3 is 2.39 bits per heavy atom. The molecule has 0 saturated carbocycles. The van der Waals surface area contributed by atoms with Gasteiger partial charge in [-0.1, -0.05) is 24.3 Å². The summed E-state index contributed by atoms with van der Waals surface area (Å²) in [6, 6.07) is 18.0. The number of rotatable bonds is 11. The number of benzene rings is 2. The summed E-state index contributed by atoms with van der Waals surface area (Å²) in [5, 5.41) is 0. The fraction of sp³-hybridized carbons (Fsp3) is 0.250. The highest BCUT2D eigenvalue weighted by Gasteiger charge is 2.26. The van der Waals surface area contributed by atoms with Crippen molar-refractivity contribution in [3.63, 3.8) is 0 Å². The number of nitrogens with zero attached hydrogens (tertiary/aromatic N) is 4. The average Bonchev–Trinajstić information content (AvgIpc) is 3.43. The monoisotopic (exact) mass is 534 g/mol. The van der Waals surface area contributed by atoms with Crippen LogP contribution in [0.2, 0.25) is 0 Å². The van der Waals surface area contributed by atoms with E-state index in [0.29, 0.717) is 5.75 Å². The SMILES string of the molecule is CC(=O)OC(C)(C)COc1cccc(CN(Cc2ccc(-n3ccnc3)cc2)S(=O)(=O)c2cccnc2)c1. The summed E-state index contributed by atoms with van der Waals surface area (Å²) in [7, 11) is -3.86. The van der Waals surface area contributed by atoms with Crippen molar-refractivity contribution < 1.29 is 22.7 Å². The molecule has 38 heavy (non-hydrogen) atoms. The van der Waals surface area contributed by atoms with Crippen LogP contribution in [0.15, 0.2) is 96.7 Å². The molecular weight excluding hydrogens is 504 g/mol. The molecule has 0 radical (unpaired) electrons. The third kappa shape index (κ3) is 7.05. The van der Waals surface area contributed by atoms with Crippen molar-refractivity contribution in [2.75, 3.05) is 6.61 Å². The molecule has 0 aliphatic heterocycles. The number of sulfonamides is 1. The molecule has 198 valence electrons. The predicted molar refractivity (Wildman–Crippen MR) is 142 cm³/mol. The smallest absolute Gasteiger partial charge is 0.303 e. The predicted octanol–water partition coefficient (Wildman–Crippen LogP) is 4.38. The number of hydrogen-bond acceptors (Lipinski definition) is 7. The highest BCUT2D eigenvalue weighted by molar-refractivity contribution is 7.89. The molecule has 0 unspecified atom stereocenters. The molecule has 2 aromatic carbocycles. The van der Waals surface area contributed by atoms with Gasteiger partial charge in [0.15, 0.2) is 0 Å². The first-order valence-electron chi connectivity index (χ1n) is 12.0. The van der Waals surface area contributed by atoms with Crippen LogP contribution < -0.4 is 4.74 Å². The number of hydrogen-bond donors (Lipinski definition) is 0. The second-order valence-corrected chi connectivity index (χ2v) is 11.3. The van der Waals surface area contributed by atoms with Crippen LogP contribution in [0.4, 0.5) is 0 Å². The van der Waals surface area contributed by atoms with Crippen LogP contribution in [0.3, 0.4) is 0 Å². The Kier molecular flexibility index (Phi) is 8.23. The fourth-order valence-electron chi connectivity index (χ4n) is 3.88. The summed E-state index contributed by atoms with van der Waals surface area (Å²) in [6.45, 7) is 5.30.